The zero-order valence-corrected chi connectivity index (χ0v) is 18.0. The van der Waals surface area contributed by atoms with Crippen LogP contribution in [0.15, 0.2) is 42.5 Å². The van der Waals surface area contributed by atoms with Crippen molar-refractivity contribution in [1.82, 2.24) is 9.80 Å². The van der Waals surface area contributed by atoms with Gasteiger partial charge in [-0.1, -0.05) is 50.2 Å². The molecule has 0 N–H and O–H groups in total. The summed E-state index contributed by atoms with van der Waals surface area (Å²) in [5, 5.41) is 2.01. The van der Waals surface area contributed by atoms with E-state index in [9.17, 15) is 13.2 Å². The second kappa shape index (κ2) is 9.59. The number of sulfone groups is 1. The van der Waals surface area contributed by atoms with E-state index in [-0.39, 0.29) is 30.1 Å². The number of hydrogen-bond acceptors (Lipinski definition) is 5. The fourth-order valence-corrected chi connectivity index (χ4v) is 5.60. The van der Waals surface area contributed by atoms with Crippen LogP contribution in [0.4, 0.5) is 0 Å². The molecule has 1 atom stereocenters. The standard InChI is InChI=1S/C22H30N2O4S/c1-3-23(4-2)13-14-24(19-12-15-29(26,27)17-19)22(25)16-28-21-11-7-9-18-8-5-6-10-20(18)21/h5-11,19H,3-4,12-17H2,1-2H3. The molecule has 1 fully saturated rings. The van der Waals surface area contributed by atoms with E-state index in [4.69, 9.17) is 4.74 Å². The minimum Gasteiger partial charge on any atom is -0.483 e. The molecular formula is C22H30N2O4S. The van der Waals surface area contributed by atoms with Gasteiger partial charge in [0.05, 0.1) is 11.5 Å². The Morgan fingerprint density at radius 2 is 1.79 bits per heavy atom. The van der Waals surface area contributed by atoms with Crippen molar-refractivity contribution in [3.63, 3.8) is 0 Å². The van der Waals surface area contributed by atoms with Gasteiger partial charge in [-0.25, -0.2) is 8.42 Å². The predicted molar refractivity (Wildman–Crippen MR) is 116 cm³/mol. The van der Waals surface area contributed by atoms with Crippen LogP contribution < -0.4 is 4.74 Å². The molecule has 29 heavy (non-hydrogen) atoms. The van der Waals surface area contributed by atoms with Gasteiger partial charge in [0.2, 0.25) is 0 Å². The summed E-state index contributed by atoms with van der Waals surface area (Å²) in [4.78, 5) is 17.0. The Kier molecular flexibility index (Phi) is 7.14. The smallest absolute Gasteiger partial charge is 0.260 e. The second-order valence-electron chi connectivity index (χ2n) is 7.44. The number of amides is 1. The van der Waals surface area contributed by atoms with E-state index < -0.39 is 9.84 Å². The predicted octanol–water partition coefficient (Wildman–Crippen LogP) is 2.58. The highest BCUT2D eigenvalue weighted by atomic mass is 32.2. The first kappa shape index (κ1) is 21.6. The van der Waals surface area contributed by atoms with Crippen LogP contribution in [0.1, 0.15) is 20.3 Å². The molecule has 1 heterocycles. The van der Waals surface area contributed by atoms with Crippen LogP contribution in [0, 0.1) is 0 Å². The highest BCUT2D eigenvalue weighted by molar-refractivity contribution is 7.91. The summed E-state index contributed by atoms with van der Waals surface area (Å²) in [5.41, 5.74) is 0. The molecule has 1 saturated heterocycles. The molecule has 0 bridgehead atoms. The molecule has 2 aromatic carbocycles. The monoisotopic (exact) mass is 418 g/mol. The first-order valence-electron chi connectivity index (χ1n) is 10.3. The fourth-order valence-electron chi connectivity index (χ4n) is 3.87. The molecule has 0 saturated carbocycles. The Bertz CT molecular complexity index is 935. The average Bonchev–Trinajstić information content (AvgIpc) is 3.08. The number of ether oxygens (including phenoxy) is 1. The summed E-state index contributed by atoms with van der Waals surface area (Å²) >= 11 is 0. The molecule has 2 aromatic rings. The number of fused-ring (bicyclic) bond motifs is 1. The summed E-state index contributed by atoms with van der Waals surface area (Å²) in [7, 11) is -3.07. The quantitative estimate of drug-likeness (QED) is 0.626. The van der Waals surface area contributed by atoms with Crippen molar-refractivity contribution < 1.29 is 17.9 Å². The van der Waals surface area contributed by atoms with Crippen molar-refractivity contribution in [2.24, 2.45) is 0 Å². The summed E-state index contributed by atoms with van der Waals surface area (Å²) in [6.07, 6.45) is 0.501. The van der Waals surface area contributed by atoms with E-state index in [1.54, 1.807) is 4.90 Å². The van der Waals surface area contributed by atoms with E-state index in [2.05, 4.69) is 18.7 Å². The molecule has 3 rings (SSSR count). The summed E-state index contributed by atoms with van der Waals surface area (Å²) < 4.78 is 29.8. The molecule has 0 radical (unpaired) electrons. The van der Waals surface area contributed by atoms with Crippen molar-refractivity contribution in [1.29, 1.82) is 0 Å². The second-order valence-corrected chi connectivity index (χ2v) is 9.67. The highest BCUT2D eigenvalue weighted by Gasteiger charge is 2.34. The molecule has 158 valence electrons. The topological polar surface area (TPSA) is 66.9 Å². The number of nitrogens with zero attached hydrogens (tertiary/aromatic N) is 2. The Hall–Kier alpha value is -2.12. The van der Waals surface area contributed by atoms with Crippen molar-refractivity contribution in [3.05, 3.63) is 42.5 Å². The maximum atomic E-state index is 13.0. The van der Waals surface area contributed by atoms with Crippen LogP contribution >= 0.6 is 0 Å². The third kappa shape index (κ3) is 5.48. The van der Waals surface area contributed by atoms with Gasteiger partial charge in [-0.2, -0.15) is 0 Å². The van der Waals surface area contributed by atoms with E-state index in [1.165, 1.54) is 0 Å². The summed E-state index contributed by atoms with van der Waals surface area (Å²) in [6, 6.07) is 13.4. The number of likely N-dealkylation sites (N-methyl/N-ethyl adjacent to an activating group) is 1. The van der Waals surface area contributed by atoms with Gasteiger partial charge < -0.3 is 14.5 Å². The molecule has 1 aliphatic heterocycles. The lowest BCUT2D eigenvalue weighted by molar-refractivity contribution is -0.135. The van der Waals surface area contributed by atoms with E-state index in [0.29, 0.717) is 18.7 Å². The Labute approximate surface area is 173 Å². The fraction of sp³-hybridized carbons (Fsp3) is 0.500. The van der Waals surface area contributed by atoms with Crippen LogP contribution in [0.3, 0.4) is 0 Å². The zero-order valence-electron chi connectivity index (χ0n) is 17.2. The first-order chi connectivity index (χ1) is 13.9. The molecule has 0 aromatic heterocycles. The van der Waals surface area contributed by atoms with Gasteiger partial charge in [-0.05, 0) is 31.0 Å². The lowest BCUT2D eigenvalue weighted by atomic mass is 10.1. The van der Waals surface area contributed by atoms with Crippen molar-refractivity contribution in [2.75, 3.05) is 44.3 Å². The van der Waals surface area contributed by atoms with Crippen LogP contribution in [0.2, 0.25) is 0 Å². The molecular weight excluding hydrogens is 388 g/mol. The van der Waals surface area contributed by atoms with Crippen LogP contribution in [-0.4, -0.2) is 74.5 Å². The van der Waals surface area contributed by atoms with Crippen LogP contribution in [-0.2, 0) is 14.6 Å². The highest BCUT2D eigenvalue weighted by Crippen LogP contribution is 2.25. The molecule has 0 aliphatic carbocycles. The normalized spacial score (nSPS) is 18.2. The molecule has 7 heteroatoms. The average molecular weight is 419 g/mol. The van der Waals surface area contributed by atoms with Gasteiger partial charge in [0.15, 0.2) is 16.4 Å². The van der Waals surface area contributed by atoms with Crippen molar-refractivity contribution >= 4 is 26.5 Å². The minimum absolute atomic E-state index is 0.0469. The Balaban J connectivity index is 1.71. The Morgan fingerprint density at radius 1 is 1.07 bits per heavy atom. The van der Waals surface area contributed by atoms with Gasteiger partial charge in [0.1, 0.15) is 5.75 Å². The van der Waals surface area contributed by atoms with E-state index in [0.717, 1.165) is 30.4 Å². The summed E-state index contributed by atoms with van der Waals surface area (Å²) in [6.45, 7) is 7.10. The van der Waals surface area contributed by atoms with Gasteiger partial charge in [0.25, 0.3) is 5.91 Å². The van der Waals surface area contributed by atoms with Crippen molar-refractivity contribution in [2.45, 2.75) is 26.3 Å². The van der Waals surface area contributed by atoms with Crippen molar-refractivity contribution in [3.8, 4) is 5.75 Å². The molecule has 6 nitrogen and oxygen atoms in total. The van der Waals surface area contributed by atoms with Crippen LogP contribution in [0.25, 0.3) is 10.8 Å². The molecule has 0 spiro atoms. The summed E-state index contributed by atoms with van der Waals surface area (Å²) in [5.74, 6) is 0.702. The molecule has 1 aliphatic rings. The van der Waals surface area contributed by atoms with E-state index in [1.807, 2.05) is 42.5 Å². The largest absolute Gasteiger partial charge is 0.483 e. The van der Waals surface area contributed by atoms with Crippen LogP contribution in [0.5, 0.6) is 5.75 Å². The van der Waals surface area contributed by atoms with Gasteiger partial charge in [-0.3, -0.25) is 4.79 Å². The number of hydrogen-bond donors (Lipinski definition) is 0. The van der Waals surface area contributed by atoms with Gasteiger partial charge in [0, 0.05) is 24.5 Å². The third-order valence-corrected chi connectivity index (χ3v) is 7.37. The number of carbonyl (C=O) groups is 1. The van der Waals surface area contributed by atoms with E-state index >= 15 is 0 Å². The lowest BCUT2D eigenvalue weighted by Gasteiger charge is -2.30. The SMILES string of the molecule is CCN(CC)CCN(C(=O)COc1cccc2ccccc12)C1CCS(=O)(=O)C1. The Morgan fingerprint density at radius 3 is 2.48 bits per heavy atom. The molecule has 1 amide bonds. The maximum Gasteiger partial charge on any atom is 0.260 e. The number of benzene rings is 2. The zero-order chi connectivity index (χ0) is 20.9. The number of carbonyl (C=O) groups excluding carboxylic acids is 1. The van der Waals surface area contributed by atoms with Gasteiger partial charge in [-0.15, -0.1) is 0 Å². The van der Waals surface area contributed by atoms with Gasteiger partial charge >= 0.3 is 0 Å². The maximum absolute atomic E-state index is 13.0. The first-order valence-corrected chi connectivity index (χ1v) is 12.1. The minimum atomic E-state index is -3.07. The number of rotatable bonds is 9. The molecule has 1 unspecified atom stereocenters. The lowest BCUT2D eigenvalue weighted by Crippen LogP contribution is -2.47. The third-order valence-electron chi connectivity index (χ3n) is 5.62.